The maximum Gasteiger partial charge on any atom is 0.119 e. The van der Waals surface area contributed by atoms with Gasteiger partial charge in [0, 0.05) is 18.3 Å². The molecular weight excluding hydrogens is 282 g/mol. The first kappa shape index (κ1) is 14.6. The Morgan fingerprint density at radius 2 is 1.70 bits per heavy atom. The molecule has 2 aliphatic rings. The lowest BCUT2D eigenvalue weighted by Gasteiger charge is -2.27. The van der Waals surface area contributed by atoms with Crippen molar-refractivity contribution in [3.8, 4) is 5.75 Å². The van der Waals surface area contributed by atoms with Crippen molar-refractivity contribution in [3.05, 3.63) is 59.7 Å². The predicted octanol–water partition coefficient (Wildman–Crippen LogP) is 4.78. The van der Waals surface area contributed by atoms with E-state index in [0.717, 1.165) is 17.6 Å². The maximum absolute atomic E-state index is 5.28. The van der Waals surface area contributed by atoms with E-state index in [9.17, 15) is 0 Å². The van der Waals surface area contributed by atoms with E-state index in [1.807, 2.05) is 0 Å². The van der Waals surface area contributed by atoms with Crippen LogP contribution in [-0.2, 0) is 0 Å². The highest BCUT2D eigenvalue weighted by Crippen LogP contribution is 2.47. The molecule has 2 aromatic rings. The van der Waals surface area contributed by atoms with Crippen LogP contribution in [-0.4, -0.2) is 19.7 Å². The first-order valence-electron chi connectivity index (χ1n) is 8.72. The monoisotopic (exact) mass is 307 g/mol. The van der Waals surface area contributed by atoms with Crippen LogP contribution in [0.3, 0.4) is 0 Å². The van der Waals surface area contributed by atoms with Crippen LogP contribution in [0.2, 0.25) is 0 Å². The molecule has 0 N–H and O–H groups in total. The summed E-state index contributed by atoms with van der Waals surface area (Å²) in [6.07, 6.45) is 3.97. The van der Waals surface area contributed by atoms with Gasteiger partial charge in [0.2, 0.25) is 0 Å². The zero-order chi connectivity index (χ0) is 15.8. The Kier molecular flexibility index (Phi) is 3.76. The molecule has 1 saturated heterocycles. The highest BCUT2D eigenvalue weighted by molar-refractivity contribution is 5.51. The van der Waals surface area contributed by atoms with Gasteiger partial charge in [-0.2, -0.15) is 0 Å². The van der Waals surface area contributed by atoms with Crippen LogP contribution in [0.4, 0.5) is 5.69 Å². The number of aryl methyl sites for hydroxylation is 1. The summed E-state index contributed by atoms with van der Waals surface area (Å²) in [5, 5.41) is 0. The average Bonchev–Trinajstić information content (AvgIpc) is 3.16. The van der Waals surface area contributed by atoms with E-state index in [0.29, 0.717) is 6.04 Å². The van der Waals surface area contributed by atoms with Crippen LogP contribution in [0, 0.1) is 12.8 Å². The Bertz CT molecular complexity index is 661. The fourth-order valence-corrected chi connectivity index (χ4v) is 4.47. The van der Waals surface area contributed by atoms with Crippen LogP contribution in [0.15, 0.2) is 48.5 Å². The summed E-state index contributed by atoms with van der Waals surface area (Å²) in [5.74, 6) is 2.52. The number of fused-ring (bicyclic) bond motifs is 1. The van der Waals surface area contributed by atoms with E-state index in [1.165, 1.54) is 42.6 Å². The highest BCUT2D eigenvalue weighted by atomic mass is 16.5. The third kappa shape index (κ3) is 2.71. The van der Waals surface area contributed by atoms with Crippen molar-refractivity contribution >= 4 is 5.69 Å². The zero-order valence-corrected chi connectivity index (χ0v) is 14.0. The first-order valence-corrected chi connectivity index (χ1v) is 8.72. The van der Waals surface area contributed by atoms with Gasteiger partial charge in [-0.25, -0.2) is 0 Å². The molecule has 2 heteroatoms. The van der Waals surface area contributed by atoms with Gasteiger partial charge >= 0.3 is 0 Å². The molecule has 0 amide bonds. The van der Waals surface area contributed by atoms with Crippen molar-refractivity contribution in [2.24, 2.45) is 5.92 Å². The molecule has 1 aliphatic heterocycles. The van der Waals surface area contributed by atoms with Crippen LogP contribution in [0.5, 0.6) is 5.75 Å². The van der Waals surface area contributed by atoms with Gasteiger partial charge in [0.1, 0.15) is 5.75 Å². The van der Waals surface area contributed by atoms with Crippen LogP contribution in [0.25, 0.3) is 0 Å². The van der Waals surface area contributed by atoms with Crippen molar-refractivity contribution in [2.75, 3.05) is 18.6 Å². The molecule has 2 fully saturated rings. The van der Waals surface area contributed by atoms with E-state index in [1.54, 1.807) is 7.11 Å². The molecule has 120 valence electrons. The average molecular weight is 307 g/mol. The van der Waals surface area contributed by atoms with Crippen molar-refractivity contribution < 1.29 is 4.74 Å². The molecule has 0 radical (unpaired) electrons. The Morgan fingerprint density at radius 1 is 0.957 bits per heavy atom. The predicted molar refractivity (Wildman–Crippen MR) is 95.4 cm³/mol. The molecule has 0 aromatic heterocycles. The summed E-state index contributed by atoms with van der Waals surface area (Å²) >= 11 is 0. The van der Waals surface area contributed by atoms with Gasteiger partial charge in [-0.3, -0.25) is 0 Å². The molecule has 0 spiro atoms. The van der Waals surface area contributed by atoms with Gasteiger partial charge < -0.3 is 9.64 Å². The molecular formula is C21H25NO. The Balaban J connectivity index is 1.51. The van der Waals surface area contributed by atoms with E-state index >= 15 is 0 Å². The third-order valence-electron chi connectivity index (χ3n) is 5.75. The van der Waals surface area contributed by atoms with Gasteiger partial charge in [0.25, 0.3) is 0 Å². The Hall–Kier alpha value is -1.96. The topological polar surface area (TPSA) is 12.5 Å². The number of hydrogen-bond acceptors (Lipinski definition) is 2. The quantitative estimate of drug-likeness (QED) is 0.809. The first-order chi connectivity index (χ1) is 11.2. The second kappa shape index (κ2) is 5.92. The summed E-state index contributed by atoms with van der Waals surface area (Å²) in [5.41, 5.74) is 4.23. The van der Waals surface area contributed by atoms with E-state index in [-0.39, 0.29) is 0 Å². The lowest BCUT2D eigenvalue weighted by molar-refractivity contribution is 0.415. The van der Waals surface area contributed by atoms with E-state index < -0.39 is 0 Å². The van der Waals surface area contributed by atoms with Crippen molar-refractivity contribution in [1.82, 2.24) is 0 Å². The summed E-state index contributed by atoms with van der Waals surface area (Å²) in [6, 6.07) is 18.5. The standard InChI is InChI=1S/C21H25NO/c1-15-3-5-16(6-4-15)18-13-17-11-12-22(21(17)14-18)19-7-9-20(23-2)10-8-19/h3-10,17-18,21H,11-14H2,1-2H3/t17-,18+,21+/m0/s1. The largest absolute Gasteiger partial charge is 0.497 e. The second-order valence-corrected chi connectivity index (χ2v) is 7.09. The molecule has 1 aliphatic carbocycles. The molecule has 0 unspecified atom stereocenters. The Labute approximate surface area is 139 Å². The SMILES string of the molecule is COc1ccc(N2CC[C@H]3C[C@@H](c4ccc(C)cc4)C[C@H]32)cc1. The molecule has 23 heavy (non-hydrogen) atoms. The number of methoxy groups -OCH3 is 1. The van der Waals surface area contributed by atoms with Crippen molar-refractivity contribution in [1.29, 1.82) is 0 Å². The van der Waals surface area contributed by atoms with Crippen LogP contribution >= 0.6 is 0 Å². The van der Waals surface area contributed by atoms with Crippen molar-refractivity contribution in [2.45, 2.75) is 38.1 Å². The van der Waals surface area contributed by atoms with E-state index in [2.05, 4.69) is 60.4 Å². The van der Waals surface area contributed by atoms with Gasteiger partial charge in [-0.05, 0) is 67.9 Å². The summed E-state index contributed by atoms with van der Waals surface area (Å²) in [7, 11) is 1.73. The third-order valence-corrected chi connectivity index (χ3v) is 5.75. The summed E-state index contributed by atoms with van der Waals surface area (Å²) < 4.78 is 5.28. The smallest absolute Gasteiger partial charge is 0.119 e. The number of anilines is 1. The molecule has 3 atom stereocenters. The number of nitrogens with zero attached hydrogens (tertiary/aromatic N) is 1. The van der Waals surface area contributed by atoms with Crippen LogP contribution in [0.1, 0.15) is 36.3 Å². The maximum atomic E-state index is 5.28. The number of benzene rings is 2. The van der Waals surface area contributed by atoms with Gasteiger partial charge in [-0.1, -0.05) is 29.8 Å². The molecule has 0 bridgehead atoms. The molecule has 2 nitrogen and oxygen atoms in total. The van der Waals surface area contributed by atoms with Gasteiger partial charge in [-0.15, -0.1) is 0 Å². The highest BCUT2D eigenvalue weighted by Gasteiger charge is 2.42. The Morgan fingerprint density at radius 3 is 2.39 bits per heavy atom. The minimum absolute atomic E-state index is 0.703. The molecule has 1 heterocycles. The normalized spacial score (nSPS) is 26.3. The van der Waals surface area contributed by atoms with E-state index in [4.69, 9.17) is 4.74 Å². The van der Waals surface area contributed by atoms with Gasteiger partial charge in [0.05, 0.1) is 7.11 Å². The number of ether oxygens (including phenoxy) is 1. The van der Waals surface area contributed by atoms with Gasteiger partial charge in [0.15, 0.2) is 0 Å². The lowest BCUT2D eigenvalue weighted by atomic mass is 9.95. The fourth-order valence-electron chi connectivity index (χ4n) is 4.47. The summed E-state index contributed by atoms with van der Waals surface area (Å²) in [6.45, 7) is 3.36. The second-order valence-electron chi connectivity index (χ2n) is 7.09. The molecule has 2 aromatic carbocycles. The number of rotatable bonds is 3. The number of hydrogen-bond donors (Lipinski definition) is 0. The minimum atomic E-state index is 0.703. The fraction of sp³-hybridized carbons (Fsp3) is 0.429. The lowest BCUT2D eigenvalue weighted by Crippen LogP contribution is -2.29. The summed E-state index contributed by atoms with van der Waals surface area (Å²) in [4.78, 5) is 2.62. The van der Waals surface area contributed by atoms with Crippen LogP contribution < -0.4 is 9.64 Å². The zero-order valence-electron chi connectivity index (χ0n) is 14.0. The molecule has 1 saturated carbocycles. The minimum Gasteiger partial charge on any atom is -0.497 e. The van der Waals surface area contributed by atoms with Crippen molar-refractivity contribution in [3.63, 3.8) is 0 Å². The molecule has 4 rings (SSSR count).